The molecular formula is C17H14N2O4. The molecule has 6 heteroatoms. The van der Waals surface area contributed by atoms with Crippen LogP contribution < -0.4 is 4.74 Å². The Hall–Kier alpha value is -2.89. The summed E-state index contributed by atoms with van der Waals surface area (Å²) in [4.78, 5) is 24.5. The maximum Gasteiger partial charge on any atom is 0.379 e. The summed E-state index contributed by atoms with van der Waals surface area (Å²) in [7, 11) is 0. The number of nitrogens with zero attached hydrogens (tertiary/aromatic N) is 1. The number of hydrogen-bond donors (Lipinski definition) is 1. The zero-order valence-electron chi connectivity index (χ0n) is 12.5. The minimum Gasteiger partial charge on any atom is -0.453 e. The number of fused-ring (bicyclic) bond motifs is 2. The fourth-order valence-corrected chi connectivity index (χ4v) is 3.02. The van der Waals surface area contributed by atoms with Crippen molar-refractivity contribution in [2.24, 2.45) is 0 Å². The molecule has 0 bridgehead atoms. The van der Waals surface area contributed by atoms with Crippen LogP contribution in [0, 0.1) is 6.92 Å². The molecule has 0 saturated carbocycles. The summed E-state index contributed by atoms with van der Waals surface area (Å²) in [6.07, 6.45) is 3.52. The van der Waals surface area contributed by atoms with Gasteiger partial charge in [-0.25, -0.2) is 4.79 Å². The molecule has 23 heavy (non-hydrogen) atoms. The van der Waals surface area contributed by atoms with Gasteiger partial charge in [-0.05, 0) is 25.5 Å². The SMILES string of the molecule is Cc1c(C(=O)Oc2cccc3[nH]ncc23)oc2c1C(=O)CCC2. The van der Waals surface area contributed by atoms with E-state index in [0.717, 1.165) is 11.9 Å². The van der Waals surface area contributed by atoms with Crippen molar-refractivity contribution in [3.63, 3.8) is 0 Å². The number of H-pyrrole nitrogens is 1. The van der Waals surface area contributed by atoms with Crippen molar-refractivity contribution in [3.8, 4) is 5.75 Å². The molecule has 0 fully saturated rings. The fourth-order valence-electron chi connectivity index (χ4n) is 3.02. The predicted octanol–water partition coefficient (Wildman–Crippen LogP) is 3.20. The number of hydrogen-bond acceptors (Lipinski definition) is 5. The van der Waals surface area contributed by atoms with Gasteiger partial charge in [-0.2, -0.15) is 5.10 Å². The van der Waals surface area contributed by atoms with Crippen LogP contribution in [-0.4, -0.2) is 21.9 Å². The topological polar surface area (TPSA) is 85.2 Å². The van der Waals surface area contributed by atoms with Gasteiger partial charge in [0.05, 0.1) is 22.7 Å². The summed E-state index contributed by atoms with van der Waals surface area (Å²) in [5.41, 5.74) is 1.89. The molecule has 1 aliphatic carbocycles. The molecule has 6 nitrogen and oxygen atoms in total. The standard InChI is InChI=1S/C17H14N2O4/c1-9-15-12(20)5-3-7-14(15)22-16(9)17(21)23-13-6-2-4-11-10(13)8-18-19-11/h2,4,6,8H,3,5,7H2,1H3,(H,18,19). The Kier molecular flexibility index (Phi) is 3.04. The Morgan fingerprint density at radius 2 is 2.22 bits per heavy atom. The van der Waals surface area contributed by atoms with Crippen molar-refractivity contribution in [1.82, 2.24) is 10.2 Å². The van der Waals surface area contributed by atoms with Gasteiger partial charge < -0.3 is 9.15 Å². The van der Waals surface area contributed by atoms with Crippen LogP contribution in [0.2, 0.25) is 0 Å². The lowest BCUT2D eigenvalue weighted by Crippen LogP contribution is -2.11. The van der Waals surface area contributed by atoms with E-state index in [0.29, 0.717) is 40.9 Å². The summed E-state index contributed by atoms with van der Waals surface area (Å²) >= 11 is 0. The third-order valence-corrected chi connectivity index (χ3v) is 4.14. The Labute approximate surface area is 131 Å². The first kappa shape index (κ1) is 13.8. The molecule has 0 unspecified atom stereocenters. The van der Waals surface area contributed by atoms with Gasteiger partial charge >= 0.3 is 5.97 Å². The molecule has 4 rings (SSSR count). The predicted molar refractivity (Wildman–Crippen MR) is 81.8 cm³/mol. The van der Waals surface area contributed by atoms with E-state index < -0.39 is 5.97 Å². The third kappa shape index (κ3) is 2.14. The lowest BCUT2D eigenvalue weighted by atomic mass is 9.94. The summed E-state index contributed by atoms with van der Waals surface area (Å²) < 4.78 is 11.1. The van der Waals surface area contributed by atoms with E-state index in [1.165, 1.54) is 0 Å². The number of ketones is 1. The number of ether oxygens (including phenoxy) is 1. The maximum atomic E-state index is 12.5. The van der Waals surface area contributed by atoms with Crippen molar-refractivity contribution in [3.05, 3.63) is 47.0 Å². The van der Waals surface area contributed by atoms with Gasteiger partial charge in [0.15, 0.2) is 5.78 Å². The second kappa shape index (κ2) is 5.08. The van der Waals surface area contributed by atoms with Crippen molar-refractivity contribution in [2.45, 2.75) is 26.2 Å². The number of aromatic nitrogens is 2. The summed E-state index contributed by atoms with van der Waals surface area (Å²) in [5, 5.41) is 7.47. The van der Waals surface area contributed by atoms with Gasteiger partial charge in [-0.15, -0.1) is 0 Å². The Balaban J connectivity index is 1.70. The van der Waals surface area contributed by atoms with Crippen LogP contribution in [0.15, 0.2) is 28.8 Å². The fraction of sp³-hybridized carbons (Fsp3) is 0.235. The highest BCUT2D eigenvalue weighted by Crippen LogP contribution is 2.31. The van der Waals surface area contributed by atoms with E-state index >= 15 is 0 Å². The minimum absolute atomic E-state index is 0.0310. The Morgan fingerprint density at radius 3 is 3.04 bits per heavy atom. The molecule has 0 radical (unpaired) electrons. The van der Waals surface area contributed by atoms with Gasteiger partial charge in [0.1, 0.15) is 11.5 Å². The molecule has 3 aromatic rings. The number of nitrogens with one attached hydrogen (secondary N) is 1. The highest BCUT2D eigenvalue weighted by molar-refractivity contribution is 6.03. The van der Waals surface area contributed by atoms with Crippen LogP contribution in [0.25, 0.3) is 10.9 Å². The molecule has 1 N–H and O–H groups in total. The Bertz CT molecular complexity index is 935. The van der Waals surface area contributed by atoms with Crippen molar-refractivity contribution < 1.29 is 18.7 Å². The van der Waals surface area contributed by atoms with Gasteiger partial charge in [0.2, 0.25) is 5.76 Å². The molecule has 2 aromatic heterocycles. The number of carbonyl (C=O) groups excluding carboxylic acids is 2. The van der Waals surface area contributed by atoms with E-state index in [1.807, 2.05) is 6.07 Å². The first-order valence-corrected chi connectivity index (χ1v) is 7.45. The number of benzene rings is 1. The molecule has 0 atom stereocenters. The van der Waals surface area contributed by atoms with E-state index in [2.05, 4.69) is 10.2 Å². The number of carbonyl (C=O) groups is 2. The van der Waals surface area contributed by atoms with Crippen LogP contribution in [0.5, 0.6) is 5.75 Å². The number of Topliss-reactive ketones (excluding diaryl/α,β-unsaturated/α-hetero) is 1. The maximum absolute atomic E-state index is 12.5. The number of rotatable bonds is 2. The minimum atomic E-state index is -0.599. The molecule has 0 spiro atoms. The highest BCUT2D eigenvalue weighted by Gasteiger charge is 2.29. The zero-order chi connectivity index (χ0) is 16.0. The van der Waals surface area contributed by atoms with Gasteiger partial charge in [-0.1, -0.05) is 6.07 Å². The van der Waals surface area contributed by atoms with E-state index in [9.17, 15) is 9.59 Å². The number of furan rings is 1. The number of esters is 1. The third-order valence-electron chi connectivity index (χ3n) is 4.14. The highest BCUT2D eigenvalue weighted by atomic mass is 16.5. The van der Waals surface area contributed by atoms with Crippen LogP contribution in [0.1, 0.15) is 45.1 Å². The smallest absolute Gasteiger partial charge is 0.379 e. The largest absolute Gasteiger partial charge is 0.453 e. The van der Waals surface area contributed by atoms with Gasteiger partial charge in [-0.3, -0.25) is 9.89 Å². The monoisotopic (exact) mass is 310 g/mol. The average Bonchev–Trinajstić information content (AvgIpc) is 3.13. The van der Waals surface area contributed by atoms with Crippen LogP contribution in [0.3, 0.4) is 0 Å². The first-order chi connectivity index (χ1) is 11.1. The lowest BCUT2D eigenvalue weighted by Gasteiger charge is -2.07. The number of aryl methyl sites for hydroxylation is 1. The first-order valence-electron chi connectivity index (χ1n) is 7.45. The molecule has 0 aliphatic heterocycles. The molecule has 1 aliphatic rings. The van der Waals surface area contributed by atoms with E-state index in [-0.39, 0.29) is 11.5 Å². The molecule has 116 valence electrons. The molecule has 2 heterocycles. The average molecular weight is 310 g/mol. The van der Waals surface area contributed by atoms with E-state index in [4.69, 9.17) is 9.15 Å². The summed E-state index contributed by atoms with van der Waals surface area (Å²) in [5.74, 6) is 0.529. The van der Waals surface area contributed by atoms with Crippen molar-refractivity contribution in [2.75, 3.05) is 0 Å². The van der Waals surface area contributed by atoms with Crippen LogP contribution >= 0.6 is 0 Å². The summed E-state index contributed by atoms with van der Waals surface area (Å²) in [6.45, 7) is 1.72. The lowest BCUT2D eigenvalue weighted by molar-refractivity contribution is 0.0700. The number of aromatic amines is 1. The van der Waals surface area contributed by atoms with Crippen molar-refractivity contribution in [1.29, 1.82) is 0 Å². The zero-order valence-corrected chi connectivity index (χ0v) is 12.5. The molecule has 0 saturated heterocycles. The normalized spacial score (nSPS) is 14.0. The Morgan fingerprint density at radius 1 is 1.35 bits per heavy atom. The van der Waals surface area contributed by atoms with Crippen LogP contribution in [-0.2, 0) is 6.42 Å². The second-order valence-electron chi connectivity index (χ2n) is 5.61. The van der Waals surface area contributed by atoms with Crippen LogP contribution in [0.4, 0.5) is 0 Å². The van der Waals surface area contributed by atoms with Gasteiger partial charge in [0.25, 0.3) is 0 Å². The second-order valence-corrected chi connectivity index (χ2v) is 5.61. The van der Waals surface area contributed by atoms with Crippen molar-refractivity contribution >= 4 is 22.7 Å². The molecule has 0 amide bonds. The van der Waals surface area contributed by atoms with E-state index in [1.54, 1.807) is 25.3 Å². The van der Waals surface area contributed by atoms with Gasteiger partial charge in [0, 0.05) is 18.4 Å². The molecular weight excluding hydrogens is 296 g/mol. The summed E-state index contributed by atoms with van der Waals surface area (Å²) in [6, 6.07) is 5.31. The quantitative estimate of drug-likeness (QED) is 0.580. The molecule has 1 aromatic carbocycles.